The number of aromatic nitrogens is 3. The summed E-state index contributed by atoms with van der Waals surface area (Å²) in [5.74, 6) is -0.219. The van der Waals surface area contributed by atoms with Crippen molar-refractivity contribution in [3.05, 3.63) is 96.9 Å². The van der Waals surface area contributed by atoms with Gasteiger partial charge in [0.05, 0.1) is 35.5 Å². The number of esters is 1. The van der Waals surface area contributed by atoms with E-state index < -0.39 is 11.9 Å². The molecule has 0 saturated heterocycles. The highest BCUT2D eigenvalue weighted by Gasteiger charge is 2.24. The van der Waals surface area contributed by atoms with Gasteiger partial charge < -0.3 is 19.8 Å². The molecule has 2 aromatic heterocycles. The fraction of sp³-hybridized carbons (Fsp3) is 0.265. The van der Waals surface area contributed by atoms with Gasteiger partial charge in [0.15, 0.2) is 0 Å². The zero-order valence-corrected chi connectivity index (χ0v) is 28.1. The first kappa shape index (κ1) is 32.4. The topological polar surface area (TPSA) is 98.2 Å². The van der Waals surface area contributed by atoms with E-state index in [1.54, 1.807) is 6.07 Å². The van der Waals surface area contributed by atoms with Gasteiger partial charge in [0.2, 0.25) is 0 Å². The lowest BCUT2D eigenvalue weighted by Crippen LogP contribution is -2.15. The maximum Gasteiger partial charge on any atom is 0.337 e. The fourth-order valence-corrected chi connectivity index (χ4v) is 6.24. The van der Waals surface area contributed by atoms with E-state index in [9.17, 15) is 9.59 Å². The molecule has 0 saturated carbocycles. The lowest BCUT2D eigenvalue weighted by Gasteiger charge is -2.11. The molecule has 45 heavy (non-hydrogen) atoms. The standard InChI is InChI=1S/C34H33Cl3N4O4/c1-17-12-24(13-18(2)30(17)37)45-11-7-8-25-26-9-10-27(36)29(28-19(3)40-41(5)20(28)4)31(26)39-32(25)33(42)38-23-15-21(34(43)44-6)14-22(35)16-23/h9-10,12-16,39H,7-8,11H2,1-6H3,(H,38,42). The predicted molar refractivity (Wildman–Crippen MR) is 180 cm³/mol. The molecule has 0 fully saturated rings. The third-order valence-electron chi connectivity index (χ3n) is 7.84. The summed E-state index contributed by atoms with van der Waals surface area (Å²) in [6.45, 7) is 8.23. The van der Waals surface area contributed by atoms with E-state index in [0.29, 0.717) is 35.9 Å². The third-order valence-corrected chi connectivity index (χ3v) is 8.97. The van der Waals surface area contributed by atoms with Crippen molar-refractivity contribution in [2.75, 3.05) is 19.0 Å². The molecule has 3 aromatic carbocycles. The quantitative estimate of drug-likeness (QED) is 0.121. The first-order valence-electron chi connectivity index (χ1n) is 14.3. The van der Waals surface area contributed by atoms with E-state index in [-0.39, 0.29) is 10.6 Å². The van der Waals surface area contributed by atoms with Crippen LogP contribution in [-0.2, 0) is 18.2 Å². The Balaban J connectivity index is 1.54. The van der Waals surface area contributed by atoms with E-state index in [1.807, 2.05) is 63.7 Å². The molecular weight excluding hydrogens is 635 g/mol. The number of rotatable bonds is 9. The van der Waals surface area contributed by atoms with Crippen LogP contribution in [0.2, 0.25) is 15.1 Å². The highest BCUT2D eigenvalue weighted by Crippen LogP contribution is 2.40. The molecule has 0 unspecified atom stereocenters. The third kappa shape index (κ3) is 6.54. The summed E-state index contributed by atoms with van der Waals surface area (Å²) in [7, 11) is 3.17. The Morgan fingerprint density at radius 3 is 2.33 bits per heavy atom. The van der Waals surface area contributed by atoms with Crippen LogP contribution in [0.15, 0.2) is 42.5 Å². The average Bonchev–Trinajstić information content (AvgIpc) is 3.48. The Labute approximate surface area is 276 Å². The van der Waals surface area contributed by atoms with Crippen molar-refractivity contribution in [1.82, 2.24) is 14.8 Å². The number of carbonyl (C=O) groups is 2. The number of hydrogen-bond donors (Lipinski definition) is 2. The van der Waals surface area contributed by atoms with Crippen molar-refractivity contribution in [2.45, 2.75) is 40.5 Å². The van der Waals surface area contributed by atoms with Gasteiger partial charge in [-0.1, -0.05) is 40.9 Å². The van der Waals surface area contributed by atoms with Crippen molar-refractivity contribution in [3.63, 3.8) is 0 Å². The number of halogens is 3. The summed E-state index contributed by atoms with van der Waals surface area (Å²) in [5.41, 5.74) is 7.82. The van der Waals surface area contributed by atoms with Gasteiger partial charge in [0, 0.05) is 45.0 Å². The Hall–Kier alpha value is -3.98. The number of H-pyrrole nitrogens is 1. The monoisotopic (exact) mass is 666 g/mol. The lowest BCUT2D eigenvalue weighted by molar-refractivity contribution is 0.0600. The van der Waals surface area contributed by atoms with E-state index in [1.165, 1.54) is 19.2 Å². The molecule has 0 bridgehead atoms. The maximum atomic E-state index is 13.9. The van der Waals surface area contributed by atoms with Crippen molar-refractivity contribution in [3.8, 4) is 16.9 Å². The van der Waals surface area contributed by atoms with Crippen LogP contribution < -0.4 is 10.1 Å². The lowest BCUT2D eigenvalue weighted by atomic mass is 9.98. The largest absolute Gasteiger partial charge is 0.494 e. The number of nitrogens with one attached hydrogen (secondary N) is 2. The first-order chi connectivity index (χ1) is 21.4. The minimum absolute atomic E-state index is 0.221. The van der Waals surface area contributed by atoms with Gasteiger partial charge in [0.25, 0.3) is 5.91 Å². The highest BCUT2D eigenvalue weighted by molar-refractivity contribution is 6.35. The molecule has 234 valence electrons. The zero-order valence-electron chi connectivity index (χ0n) is 25.8. The molecule has 5 aromatic rings. The SMILES string of the molecule is COC(=O)c1cc(Cl)cc(NC(=O)c2[nH]c3c(-c4c(C)nn(C)c4C)c(Cl)ccc3c2CCCOc2cc(C)c(Cl)c(C)c2)c1. The molecule has 0 radical (unpaired) electrons. The fourth-order valence-electron chi connectivity index (χ4n) is 5.65. The second-order valence-corrected chi connectivity index (χ2v) is 12.2. The summed E-state index contributed by atoms with van der Waals surface area (Å²) in [6.07, 6.45) is 1.16. The van der Waals surface area contributed by atoms with Crippen molar-refractivity contribution in [1.29, 1.82) is 0 Å². The van der Waals surface area contributed by atoms with E-state index >= 15 is 0 Å². The van der Waals surface area contributed by atoms with Gasteiger partial charge in [-0.3, -0.25) is 9.48 Å². The number of hydrogen-bond acceptors (Lipinski definition) is 5. The average molecular weight is 668 g/mol. The predicted octanol–water partition coefficient (Wildman–Crippen LogP) is 8.81. The summed E-state index contributed by atoms with van der Waals surface area (Å²) < 4.78 is 12.7. The van der Waals surface area contributed by atoms with Crippen LogP contribution in [0.4, 0.5) is 5.69 Å². The van der Waals surface area contributed by atoms with Crippen LogP contribution in [-0.4, -0.2) is 40.4 Å². The van der Waals surface area contributed by atoms with E-state index in [0.717, 1.165) is 60.9 Å². The summed E-state index contributed by atoms with van der Waals surface area (Å²) in [4.78, 5) is 29.5. The molecule has 5 rings (SSSR count). The highest BCUT2D eigenvalue weighted by atomic mass is 35.5. The number of fused-ring (bicyclic) bond motifs is 1. The minimum atomic E-state index is -0.563. The second-order valence-electron chi connectivity index (χ2n) is 11.0. The molecule has 0 aliphatic heterocycles. The van der Waals surface area contributed by atoms with Crippen molar-refractivity contribution >= 4 is 63.3 Å². The molecule has 2 heterocycles. The van der Waals surface area contributed by atoms with Crippen molar-refractivity contribution < 1.29 is 19.1 Å². The van der Waals surface area contributed by atoms with Gasteiger partial charge in [-0.15, -0.1) is 0 Å². The number of aryl methyl sites for hydroxylation is 5. The molecule has 11 heteroatoms. The number of benzene rings is 3. The maximum absolute atomic E-state index is 13.9. The summed E-state index contributed by atoms with van der Waals surface area (Å²) in [6, 6.07) is 12.2. The molecule has 2 N–H and O–H groups in total. The smallest absolute Gasteiger partial charge is 0.337 e. The van der Waals surface area contributed by atoms with E-state index in [4.69, 9.17) is 44.3 Å². The number of anilines is 1. The molecule has 1 amide bonds. The zero-order chi connectivity index (χ0) is 32.6. The summed E-state index contributed by atoms with van der Waals surface area (Å²) >= 11 is 19.4. The number of nitrogens with zero attached hydrogens (tertiary/aromatic N) is 2. The molecule has 8 nitrogen and oxygen atoms in total. The van der Waals surface area contributed by atoms with Crippen LogP contribution >= 0.6 is 34.8 Å². The number of amides is 1. The van der Waals surface area contributed by atoms with Gasteiger partial charge in [-0.05, 0) is 93.6 Å². The van der Waals surface area contributed by atoms with Crippen LogP contribution in [0.5, 0.6) is 5.75 Å². The Bertz CT molecular complexity index is 1940. The van der Waals surface area contributed by atoms with Crippen LogP contribution in [0, 0.1) is 27.7 Å². The van der Waals surface area contributed by atoms with E-state index in [2.05, 4.69) is 15.4 Å². The molecular formula is C34H33Cl3N4O4. The summed E-state index contributed by atoms with van der Waals surface area (Å²) in [5, 5.41) is 9.90. The van der Waals surface area contributed by atoms with Gasteiger partial charge in [-0.2, -0.15) is 5.10 Å². The van der Waals surface area contributed by atoms with Gasteiger partial charge >= 0.3 is 5.97 Å². The number of ether oxygens (including phenoxy) is 2. The normalized spacial score (nSPS) is 11.2. The molecule has 0 atom stereocenters. The number of aromatic amines is 1. The van der Waals surface area contributed by atoms with Gasteiger partial charge in [0.1, 0.15) is 11.4 Å². The van der Waals surface area contributed by atoms with Gasteiger partial charge in [-0.25, -0.2) is 4.79 Å². The van der Waals surface area contributed by atoms with Crippen LogP contribution in [0.25, 0.3) is 22.0 Å². The molecule has 0 aliphatic carbocycles. The van der Waals surface area contributed by atoms with Crippen LogP contribution in [0.1, 0.15) is 55.3 Å². The Morgan fingerprint density at radius 1 is 0.978 bits per heavy atom. The second kappa shape index (κ2) is 13.2. The minimum Gasteiger partial charge on any atom is -0.494 e. The Morgan fingerprint density at radius 2 is 1.69 bits per heavy atom. The van der Waals surface area contributed by atoms with Crippen molar-refractivity contribution in [2.24, 2.45) is 7.05 Å². The first-order valence-corrected chi connectivity index (χ1v) is 15.5. The van der Waals surface area contributed by atoms with Crippen LogP contribution in [0.3, 0.4) is 0 Å². The number of carbonyl (C=O) groups excluding carboxylic acids is 2. The number of methoxy groups -OCH3 is 1. The molecule has 0 spiro atoms. The molecule has 0 aliphatic rings. The Kier molecular flexibility index (Phi) is 9.49.